The molecule has 0 radical (unpaired) electrons. The van der Waals surface area contributed by atoms with Crippen LogP contribution in [0, 0.1) is 0 Å². The summed E-state index contributed by atoms with van der Waals surface area (Å²) < 4.78 is 0. The normalized spacial score (nSPS) is 11.0. The maximum atomic E-state index is 10.7. The molecule has 8 nitrogen and oxygen atoms in total. The van der Waals surface area contributed by atoms with Crippen LogP contribution in [0.25, 0.3) is 10.8 Å². The molecule has 194 valence electrons. The van der Waals surface area contributed by atoms with Gasteiger partial charge < -0.3 is 21.1 Å². The number of hydrogen-bond donors (Lipinski definition) is 4. The number of fused-ring (bicyclic) bond motifs is 1. The molecule has 0 atom stereocenters. The van der Waals surface area contributed by atoms with E-state index in [2.05, 4.69) is 26.2 Å². The van der Waals surface area contributed by atoms with Crippen LogP contribution in [0.3, 0.4) is 0 Å². The fraction of sp³-hybridized carbons (Fsp3) is 0. The number of benzene rings is 5. The average Bonchev–Trinajstić information content (AvgIpc) is 2.98. The van der Waals surface area contributed by atoms with Crippen molar-refractivity contribution >= 4 is 56.8 Å². The number of aromatic nitrogens is 2. The van der Waals surface area contributed by atoms with Crippen molar-refractivity contribution < 1.29 is 5.11 Å². The summed E-state index contributed by atoms with van der Waals surface area (Å²) in [4.78, 5) is 9.52. The molecule has 0 saturated heterocycles. The van der Waals surface area contributed by atoms with Crippen LogP contribution in [0.5, 0.6) is 5.75 Å². The molecule has 5 aromatic carbocycles. The number of phenolic OH excluding ortho intramolecular Hbond substituents is 1. The third-order valence-electron chi connectivity index (χ3n) is 6.09. The van der Waals surface area contributed by atoms with Crippen LogP contribution in [0.1, 0.15) is 0 Å². The molecular weight excluding hydrogens is 498 g/mol. The smallest absolute Gasteiger partial charge is 0.231 e. The lowest BCUT2D eigenvalue weighted by molar-refractivity contribution is 0.477. The first-order chi connectivity index (χ1) is 19.7. The second-order valence-corrected chi connectivity index (χ2v) is 8.95. The van der Waals surface area contributed by atoms with Gasteiger partial charge in [-0.2, -0.15) is 9.97 Å². The molecule has 0 aliphatic rings. The Morgan fingerprint density at radius 1 is 0.500 bits per heavy atom. The Morgan fingerprint density at radius 3 is 1.48 bits per heavy atom. The van der Waals surface area contributed by atoms with Crippen molar-refractivity contribution in [2.75, 3.05) is 16.0 Å². The lowest BCUT2D eigenvalue weighted by atomic mass is 10.1. The number of nitrogens with one attached hydrogen (secondary N) is 3. The Labute approximate surface area is 231 Å². The summed E-state index contributed by atoms with van der Waals surface area (Å²) in [6.07, 6.45) is 0. The van der Waals surface area contributed by atoms with Gasteiger partial charge in [-0.3, -0.25) is 0 Å². The van der Waals surface area contributed by atoms with Crippen LogP contribution >= 0.6 is 0 Å². The van der Waals surface area contributed by atoms with E-state index in [9.17, 15) is 5.11 Å². The minimum atomic E-state index is 0.0286. The van der Waals surface area contributed by atoms with Crippen molar-refractivity contribution in [1.82, 2.24) is 9.97 Å². The maximum absolute atomic E-state index is 10.7. The van der Waals surface area contributed by atoms with Crippen LogP contribution < -0.4 is 16.0 Å². The predicted molar refractivity (Wildman–Crippen MR) is 161 cm³/mol. The Morgan fingerprint density at radius 2 is 0.950 bits per heavy atom. The highest BCUT2D eigenvalue weighted by Gasteiger charge is 2.17. The van der Waals surface area contributed by atoms with Gasteiger partial charge >= 0.3 is 0 Å². The largest absolute Gasteiger partial charge is 0.506 e. The fourth-order valence-electron chi connectivity index (χ4n) is 4.15. The second kappa shape index (κ2) is 11.3. The summed E-state index contributed by atoms with van der Waals surface area (Å²) in [5.74, 6) is 1.26. The predicted octanol–water partition coefficient (Wildman–Crippen LogP) is 8.98. The van der Waals surface area contributed by atoms with Crippen molar-refractivity contribution in [3.8, 4) is 5.75 Å². The summed E-state index contributed by atoms with van der Waals surface area (Å²) in [5.41, 5.74) is 3.19. The number of nitrogens with zero attached hydrogens (tertiary/aromatic N) is 4. The first-order valence-electron chi connectivity index (χ1n) is 12.7. The van der Waals surface area contributed by atoms with Gasteiger partial charge in [0.05, 0.1) is 0 Å². The van der Waals surface area contributed by atoms with Crippen LogP contribution in [0.4, 0.5) is 46.0 Å². The monoisotopic (exact) mass is 523 g/mol. The molecule has 0 unspecified atom stereocenters. The number of rotatable bonds is 8. The van der Waals surface area contributed by atoms with Crippen LogP contribution in [-0.4, -0.2) is 15.1 Å². The zero-order valence-electron chi connectivity index (χ0n) is 21.4. The Hall–Kier alpha value is -5.76. The van der Waals surface area contributed by atoms with E-state index in [0.717, 1.165) is 27.8 Å². The van der Waals surface area contributed by atoms with Crippen molar-refractivity contribution in [2.24, 2.45) is 10.2 Å². The zero-order valence-corrected chi connectivity index (χ0v) is 21.4. The second-order valence-electron chi connectivity index (χ2n) is 8.95. The molecule has 0 aliphatic carbocycles. The molecule has 0 saturated carbocycles. The SMILES string of the molecule is Oc1cc2ccccc2cc1N=Nc1c(Nc2ccccc2)nc(Nc2ccccc2)nc1Nc1ccccc1. The third kappa shape index (κ3) is 5.71. The number of para-hydroxylation sites is 3. The first-order valence-corrected chi connectivity index (χ1v) is 12.7. The van der Waals surface area contributed by atoms with Crippen LogP contribution in [0.2, 0.25) is 0 Å². The van der Waals surface area contributed by atoms with E-state index >= 15 is 0 Å². The highest BCUT2D eigenvalue weighted by molar-refractivity contribution is 5.88. The molecule has 6 rings (SSSR count). The van der Waals surface area contributed by atoms with Crippen molar-refractivity contribution in [2.45, 2.75) is 0 Å². The molecule has 4 N–H and O–H groups in total. The zero-order chi connectivity index (χ0) is 27.1. The molecule has 40 heavy (non-hydrogen) atoms. The summed E-state index contributed by atoms with van der Waals surface area (Å²) in [7, 11) is 0. The molecular formula is C32H25N7O. The standard InChI is InChI=1S/C32H25N7O/c40-28-21-23-13-11-10-12-22(23)20-27(28)38-39-29-30(33-24-14-4-1-5-15-24)36-32(35-26-18-8-3-9-19-26)37-31(29)34-25-16-6-2-7-17-25/h1-21,40H,(H3,33,34,35,36,37). The van der Waals surface area contributed by atoms with E-state index in [1.165, 1.54) is 0 Å². The van der Waals surface area contributed by atoms with E-state index in [1.807, 2.05) is 115 Å². The van der Waals surface area contributed by atoms with E-state index in [-0.39, 0.29) is 5.75 Å². The topological polar surface area (TPSA) is 107 Å². The highest BCUT2D eigenvalue weighted by atomic mass is 16.3. The highest BCUT2D eigenvalue weighted by Crippen LogP contribution is 2.39. The van der Waals surface area contributed by atoms with E-state index in [4.69, 9.17) is 9.97 Å². The average molecular weight is 524 g/mol. The molecule has 0 fully saturated rings. The van der Waals surface area contributed by atoms with E-state index in [1.54, 1.807) is 12.1 Å². The maximum Gasteiger partial charge on any atom is 0.231 e. The van der Waals surface area contributed by atoms with E-state index in [0.29, 0.717) is 29.0 Å². The minimum Gasteiger partial charge on any atom is -0.506 e. The molecule has 1 aromatic heterocycles. The summed E-state index contributed by atoms with van der Waals surface area (Å²) >= 11 is 0. The number of hydrogen-bond acceptors (Lipinski definition) is 8. The molecule has 0 bridgehead atoms. The van der Waals surface area contributed by atoms with Crippen molar-refractivity contribution in [3.63, 3.8) is 0 Å². The molecule has 1 heterocycles. The van der Waals surface area contributed by atoms with Gasteiger partial charge in [0.2, 0.25) is 5.95 Å². The van der Waals surface area contributed by atoms with Crippen molar-refractivity contribution in [3.05, 3.63) is 127 Å². The Bertz CT molecular complexity index is 1710. The first kappa shape index (κ1) is 24.6. The van der Waals surface area contributed by atoms with Gasteiger partial charge in [-0.05, 0) is 59.3 Å². The summed E-state index contributed by atoms with van der Waals surface area (Å²) in [6.45, 7) is 0. The number of azo groups is 1. The molecule has 8 heteroatoms. The third-order valence-corrected chi connectivity index (χ3v) is 6.09. The molecule has 0 aliphatic heterocycles. The molecule has 0 spiro atoms. The van der Waals surface area contributed by atoms with Crippen LogP contribution in [-0.2, 0) is 0 Å². The van der Waals surface area contributed by atoms with Gasteiger partial charge in [0, 0.05) is 17.1 Å². The lowest BCUT2D eigenvalue weighted by Gasteiger charge is -2.15. The Kier molecular flexibility index (Phi) is 6.95. The quantitative estimate of drug-likeness (QED) is 0.148. The van der Waals surface area contributed by atoms with Gasteiger partial charge in [-0.25, -0.2) is 0 Å². The van der Waals surface area contributed by atoms with Gasteiger partial charge in [0.25, 0.3) is 0 Å². The number of anilines is 6. The fourth-order valence-corrected chi connectivity index (χ4v) is 4.15. The Balaban J connectivity index is 1.48. The van der Waals surface area contributed by atoms with Crippen molar-refractivity contribution in [1.29, 1.82) is 0 Å². The van der Waals surface area contributed by atoms with E-state index < -0.39 is 0 Å². The lowest BCUT2D eigenvalue weighted by Crippen LogP contribution is -2.05. The summed E-state index contributed by atoms with van der Waals surface area (Å²) in [6, 6.07) is 40.3. The van der Waals surface area contributed by atoms with Crippen LogP contribution in [0.15, 0.2) is 138 Å². The summed E-state index contributed by atoms with van der Waals surface area (Å²) in [5, 5.41) is 31.5. The molecule has 6 aromatic rings. The van der Waals surface area contributed by atoms with Gasteiger partial charge in [0.15, 0.2) is 17.3 Å². The number of phenols is 1. The number of aromatic hydroxyl groups is 1. The minimum absolute atomic E-state index is 0.0286. The van der Waals surface area contributed by atoms with Gasteiger partial charge in [-0.15, -0.1) is 10.2 Å². The van der Waals surface area contributed by atoms with Gasteiger partial charge in [-0.1, -0.05) is 78.9 Å². The van der Waals surface area contributed by atoms with Gasteiger partial charge in [0.1, 0.15) is 11.4 Å². The molecule has 0 amide bonds.